The second-order valence-electron chi connectivity index (χ2n) is 6.14. The molecule has 0 aromatic heterocycles. The van der Waals surface area contributed by atoms with E-state index in [1.54, 1.807) is 37.3 Å². The Labute approximate surface area is 130 Å². The number of carbonyl (C=O) groups excluding carboxylic acids is 1. The molecule has 1 heterocycles. The summed E-state index contributed by atoms with van der Waals surface area (Å²) in [7, 11) is 0. The molecule has 1 aromatic rings. The van der Waals surface area contributed by atoms with Gasteiger partial charge in [0, 0.05) is 0 Å². The average Bonchev–Trinajstić information content (AvgIpc) is 2.49. The monoisotopic (exact) mass is 306 g/mol. The Balaban J connectivity index is 2.17. The van der Waals surface area contributed by atoms with E-state index in [2.05, 4.69) is 6.92 Å². The molecule has 0 spiro atoms. The summed E-state index contributed by atoms with van der Waals surface area (Å²) in [6.07, 6.45) is -0.0202. The Bertz CT molecular complexity index is 541. The molecular formula is C17H22O5. The van der Waals surface area contributed by atoms with Crippen LogP contribution in [0.25, 0.3) is 0 Å². The summed E-state index contributed by atoms with van der Waals surface area (Å²) in [5.41, 5.74) is -0.683. The van der Waals surface area contributed by atoms with Crippen LogP contribution in [0.2, 0.25) is 0 Å². The molecule has 1 aliphatic rings. The van der Waals surface area contributed by atoms with Gasteiger partial charge in [-0.1, -0.05) is 25.1 Å². The lowest BCUT2D eigenvalue weighted by Gasteiger charge is -2.43. The van der Waals surface area contributed by atoms with Gasteiger partial charge in [0.2, 0.25) is 6.10 Å². The molecule has 1 saturated heterocycles. The van der Waals surface area contributed by atoms with E-state index in [0.29, 0.717) is 17.9 Å². The first-order valence-electron chi connectivity index (χ1n) is 7.50. The maximum atomic E-state index is 12.1. The largest absolute Gasteiger partial charge is 0.478 e. The van der Waals surface area contributed by atoms with Crippen molar-refractivity contribution >= 4 is 11.9 Å². The molecule has 4 atom stereocenters. The molecule has 0 aliphatic carbocycles. The van der Waals surface area contributed by atoms with Gasteiger partial charge < -0.3 is 14.6 Å². The quantitative estimate of drug-likeness (QED) is 0.866. The molecule has 5 nitrogen and oxygen atoms in total. The minimum Gasteiger partial charge on any atom is -0.478 e. The number of hydrogen-bond donors (Lipinski definition) is 1. The van der Waals surface area contributed by atoms with Crippen molar-refractivity contribution in [2.24, 2.45) is 5.92 Å². The summed E-state index contributed by atoms with van der Waals surface area (Å²) in [5.74, 6) is -1.48. The maximum absolute atomic E-state index is 12.1. The maximum Gasteiger partial charge on any atom is 0.348 e. The fourth-order valence-electron chi connectivity index (χ4n) is 2.73. The van der Waals surface area contributed by atoms with Crippen molar-refractivity contribution in [2.45, 2.75) is 51.4 Å². The molecule has 22 heavy (non-hydrogen) atoms. The Kier molecular flexibility index (Phi) is 4.86. The van der Waals surface area contributed by atoms with Crippen LogP contribution in [0.15, 0.2) is 30.3 Å². The van der Waals surface area contributed by atoms with Gasteiger partial charge in [0.25, 0.3) is 0 Å². The highest BCUT2D eigenvalue weighted by Crippen LogP contribution is 2.36. The van der Waals surface area contributed by atoms with Gasteiger partial charge in [-0.05, 0) is 44.7 Å². The van der Waals surface area contributed by atoms with Crippen LogP contribution in [0.4, 0.5) is 0 Å². The zero-order valence-corrected chi connectivity index (χ0v) is 13.1. The molecule has 0 radical (unpaired) electrons. The van der Waals surface area contributed by atoms with Crippen molar-refractivity contribution in [3.63, 3.8) is 0 Å². The lowest BCUT2D eigenvalue weighted by molar-refractivity contribution is -0.198. The van der Waals surface area contributed by atoms with E-state index in [1.165, 1.54) is 0 Å². The third-order valence-corrected chi connectivity index (χ3v) is 4.37. The highest BCUT2D eigenvalue weighted by atomic mass is 16.6. The van der Waals surface area contributed by atoms with Gasteiger partial charge in [-0.25, -0.2) is 9.59 Å². The van der Waals surface area contributed by atoms with Gasteiger partial charge in [-0.15, -0.1) is 0 Å². The SMILES string of the molecule is C[C@@H]1CC[C@](C)([C@H](OC(=O)c2ccccc2)C(=O)O)O[C@@H]1C. The first-order valence-corrected chi connectivity index (χ1v) is 7.50. The summed E-state index contributed by atoms with van der Waals surface area (Å²) in [5, 5.41) is 9.48. The number of aliphatic carboxylic acids is 1. The van der Waals surface area contributed by atoms with Crippen LogP contribution in [-0.2, 0) is 14.3 Å². The minimum absolute atomic E-state index is 0.0731. The summed E-state index contributed by atoms with van der Waals surface area (Å²) in [6, 6.07) is 8.37. The lowest BCUT2D eigenvalue weighted by Crippen LogP contribution is -2.54. The van der Waals surface area contributed by atoms with Crippen LogP contribution in [0.1, 0.15) is 44.0 Å². The van der Waals surface area contributed by atoms with E-state index in [0.717, 1.165) is 6.42 Å². The van der Waals surface area contributed by atoms with Crippen molar-refractivity contribution in [1.29, 1.82) is 0 Å². The first-order chi connectivity index (χ1) is 10.3. The number of esters is 1. The normalized spacial score (nSPS) is 29.6. The number of carbonyl (C=O) groups is 2. The van der Waals surface area contributed by atoms with Gasteiger partial charge in [0.1, 0.15) is 5.60 Å². The van der Waals surface area contributed by atoms with Crippen LogP contribution in [0.3, 0.4) is 0 Å². The predicted molar refractivity (Wildman–Crippen MR) is 80.6 cm³/mol. The summed E-state index contributed by atoms with van der Waals surface area (Å²) in [4.78, 5) is 23.8. The summed E-state index contributed by atoms with van der Waals surface area (Å²) < 4.78 is 11.1. The molecular weight excluding hydrogens is 284 g/mol. The third kappa shape index (κ3) is 3.47. The zero-order valence-electron chi connectivity index (χ0n) is 13.1. The van der Waals surface area contributed by atoms with Gasteiger partial charge in [0.05, 0.1) is 11.7 Å². The standard InChI is InChI=1S/C17H22O5/c1-11-9-10-17(3,22-12(11)2)14(15(18)19)21-16(20)13-7-5-4-6-8-13/h4-8,11-12,14H,9-10H2,1-3H3,(H,18,19)/t11-,12-,14-,17-/m1/s1. The summed E-state index contributed by atoms with van der Waals surface area (Å²) >= 11 is 0. The minimum atomic E-state index is -1.32. The average molecular weight is 306 g/mol. The fraction of sp³-hybridized carbons (Fsp3) is 0.529. The molecule has 5 heteroatoms. The molecule has 1 aromatic carbocycles. The first kappa shape index (κ1) is 16.5. The Morgan fingerprint density at radius 3 is 2.50 bits per heavy atom. The van der Waals surface area contributed by atoms with Crippen molar-refractivity contribution in [1.82, 2.24) is 0 Å². The number of benzene rings is 1. The van der Waals surface area contributed by atoms with E-state index in [1.807, 2.05) is 6.92 Å². The van der Waals surface area contributed by atoms with Crippen molar-refractivity contribution in [2.75, 3.05) is 0 Å². The highest BCUT2D eigenvalue weighted by molar-refractivity contribution is 5.91. The van der Waals surface area contributed by atoms with Crippen LogP contribution in [0, 0.1) is 5.92 Å². The third-order valence-electron chi connectivity index (χ3n) is 4.37. The lowest BCUT2D eigenvalue weighted by atomic mass is 9.83. The molecule has 0 saturated carbocycles. The molecule has 120 valence electrons. The molecule has 0 amide bonds. The Hall–Kier alpha value is -1.88. The highest BCUT2D eigenvalue weighted by Gasteiger charge is 2.47. The van der Waals surface area contributed by atoms with Crippen LogP contribution < -0.4 is 0 Å². The number of carboxylic acids is 1. The van der Waals surface area contributed by atoms with Gasteiger partial charge in [-0.2, -0.15) is 0 Å². The number of rotatable bonds is 4. The molecule has 1 N–H and O–H groups in total. The van der Waals surface area contributed by atoms with Gasteiger partial charge >= 0.3 is 11.9 Å². The molecule has 1 aliphatic heterocycles. The van der Waals surface area contributed by atoms with E-state index < -0.39 is 23.6 Å². The topological polar surface area (TPSA) is 72.8 Å². The fourth-order valence-corrected chi connectivity index (χ4v) is 2.73. The van der Waals surface area contributed by atoms with Crippen LogP contribution in [-0.4, -0.2) is 34.9 Å². The Morgan fingerprint density at radius 1 is 1.32 bits per heavy atom. The molecule has 0 bridgehead atoms. The number of hydrogen-bond acceptors (Lipinski definition) is 4. The van der Waals surface area contributed by atoms with Crippen molar-refractivity contribution in [3.05, 3.63) is 35.9 Å². The number of carboxylic acid groups (broad SMARTS) is 1. The van der Waals surface area contributed by atoms with Gasteiger partial charge in [0.15, 0.2) is 0 Å². The van der Waals surface area contributed by atoms with E-state index in [9.17, 15) is 14.7 Å². The smallest absolute Gasteiger partial charge is 0.348 e. The van der Waals surface area contributed by atoms with E-state index in [4.69, 9.17) is 9.47 Å². The van der Waals surface area contributed by atoms with E-state index >= 15 is 0 Å². The predicted octanol–water partition coefficient (Wildman–Crippen LogP) is 2.89. The zero-order chi connectivity index (χ0) is 16.3. The second-order valence-corrected chi connectivity index (χ2v) is 6.14. The van der Waals surface area contributed by atoms with Crippen molar-refractivity contribution in [3.8, 4) is 0 Å². The van der Waals surface area contributed by atoms with Crippen LogP contribution >= 0.6 is 0 Å². The molecule has 2 rings (SSSR count). The van der Waals surface area contributed by atoms with Gasteiger partial charge in [-0.3, -0.25) is 0 Å². The van der Waals surface area contributed by atoms with E-state index in [-0.39, 0.29) is 6.10 Å². The van der Waals surface area contributed by atoms with Crippen molar-refractivity contribution < 1.29 is 24.2 Å². The summed E-state index contributed by atoms with van der Waals surface area (Å²) in [6.45, 7) is 5.68. The molecule has 0 unspecified atom stereocenters. The second kappa shape index (κ2) is 6.48. The van der Waals surface area contributed by atoms with Crippen LogP contribution in [0.5, 0.6) is 0 Å². The Morgan fingerprint density at radius 2 is 1.95 bits per heavy atom. The number of ether oxygens (including phenoxy) is 2. The molecule has 1 fully saturated rings.